The van der Waals surface area contributed by atoms with Crippen molar-refractivity contribution in [2.75, 3.05) is 33.2 Å². The van der Waals surface area contributed by atoms with Crippen molar-refractivity contribution in [1.82, 2.24) is 19.7 Å². The highest BCUT2D eigenvalue weighted by Crippen LogP contribution is 2.06. The average molecular weight is 312 g/mol. The highest BCUT2D eigenvalue weighted by Gasteiger charge is 2.22. The molecule has 7 nitrogen and oxygen atoms in total. The summed E-state index contributed by atoms with van der Waals surface area (Å²) in [6.07, 6.45) is 0. The molecule has 1 heterocycles. The second-order valence-corrected chi connectivity index (χ2v) is 6.51. The van der Waals surface area contributed by atoms with Gasteiger partial charge in [0, 0.05) is 45.3 Å². The number of rotatable bonds is 5. The maximum atomic E-state index is 12.1. The molecule has 0 spiro atoms. The standard InChI is InChI=1S/C13H20N4O3S/c1-14-13(18)12-4-2-11(3-5-12)10-16-21(19,20)17-8-6-15-7-9-17/h2-5,15-16H,6-10H2,1H3,(H,14,18). The van der Waals surface area contributed by atoms with Gasteiger partial charge in [0.2, 0.25) is 0 Å². The lowest BCUT2D eigenvalue weighted by Gasteiger charge is -2.26. The van der Waals surface area contributed by atoms with Crippen LogP contribution in [0.5, 0.6) is 0 Å². The molecule has 1 aromatic rings. The van der Waals surface area contributed by atoms with Gasteiger partial charge in [0.1, 0.15) is 0 Å². The van der Waals surface area contributed by atoms with Crippen molar-refractivity contribution < 1.29 is 13.2 Å². The van der Waals surface area contributed by atoms with E-state index in [2.05, 4.69) is 15.4 Å². The molecule has 3 N–H and O–H groups in total. The quantitative estimate of drug-likeness (QED) is 0.670. The van der Waals surface area contributed by atoms with Crippen LogP contribution in [0, 0.1) is 0 Å². The van der Waals surface area contributed by atoms with Gasteiger partial charge in [-0.05, 0) is 17.7 Å². The number of carbonyl (C=O) groups is 1. The summed E-state index contributed by atoms with van der Waals surface area (Å²) in [6, 6.07) is 6.83. The van der Waals surface area contributed by atoms with E-state index in [1.807, 2.05) is 0 Å². The van der Waals surface area contributed by atoms with E-state index in [0.717, 1.165) is 5.56 Å². The summed E-state index contributed by atoms with van der Waals surface area (Å²) in [5.74, 6) is -0.164. The van der Waals surface area contributed by atoms with Gasteiger partial charge >= 0.3 is 0 Å². The zero-order chi connectivity index (χ0) is 15.3. The Bertz CT molecular complexity index is 580. The molecule has 21 heavy (non-hydrogen) atoms. The fourth-order valence-corrected chi connectivity index (χ4v) is 3.26. The van der Waals surface area contributed by atoms with Crippen LogP contribution in [0.4, 0.5) is 0 Å². The zero-order valence-corrected chi connectivity index (χ0v) is 12.7. The third-order valence-corrected chi connectivity index (χ3v) is 4.87. The van der Waals surface area contributed by atoms with Crippen LogP contribution < -0.4 is 15.4 Å². The summed E-state index contributed by atoms with van der Waals surface area (Å²) < 4.78 is 28.2. The van der Waals surface area contributed by atoms with Crippen molar-refractivity contribution in [3.8, 4) is 0 Å². The van der Waals surface area contributed by atoms with Gasteiger partial charge in [-0.1, -0.05) is 12.1 Å². The molecule has 1 amide bonds. The van der Waals surface area contributed by atoms with Crippen molar-refractivity contribution in [2.24, 2.45) is 0 Å². The van der Waals surface area contributed by atoms with Gasteiger partial charge in [0.25, 0.3) is 16.1 Å². The molecule has 116 valence electrons. The van der Waals surface area contributed by atoms with Crippen LogP contribution in [0.3, 0.4) is 0 Å². The fraction of sp³-hybridized carbons (Fsp3) is 0.462. The number of benzene rings is 1. The Kier molecular flexibility index (Phi) is 5.29. The molecule has 0 saturated carbocycles. The van der Waals surface area contributed by atoms with Crippen LogP contribution in [0.2, 0.25) is 0 Å². The summed E-state index contributed by atoms with van der Waals surface area (Å²) in [5, 5.41) is 5.65. The van der Waals surface area contributed by atoms with Crippen LogP contribution in [-0.4, -0.2) is 51.9 Å². The molecular formula is C13H20N4O3S. The summed E-state index contributed by atoms with van der Waals surface area (Å²) in [4.78, 5) is 11.4. The number of piperazine rings is 1. The minimum atomic E-state index is -3.45. The number of nitrogens with zero attached hydrogens (tertiary/aromatic N) is 1. The lowest BCUT2D eigenvalue weighted by molar-refractivity contribution is 0.0963. The molecule has 1 aromatic carbocycles. The number of hydrogen-bond donors (Lipinski definition) is 3. The van der Waals surface area contributed by atoms with Gasteiger partial charge in [-0.3, -0.25) is 4.79 Å². The minimum absolute atomic E-state index is 0.164. The largest absolute Gasteiger partial charge is 0.355 e. The third-order valence-electron chi connectivity index (χ3n) is 3.32. The Labute approximate surface area is 124 Å². The summed E-state index contributed by atoms with van der Waals surface area (Å²) >= 11 is 0. The maximum absolute atomic E-state index is 12.1. The highest BCUT2D eigenvalue weighted by atomic mass is 32.2. The number of amides is 1. The Morgan fingerprint density at radius 1 is 1.24 bits per heavy atom. The van der Waals surface area contributed by atoms with E-state index in [1.54, 1.807) is 31.3 Å². The summed E-state index contributed by atoms with van der Waals surface area (Å²) in [5.41, 5.74) is 1.35. The second-order valence-electron chi connectivity index (χ2n) is 4.75. The van der Waals surface area contributed by atoms with Gasteiger partial charge in [-0.2, -0.15) is 17.4 Å². The summed E-state index contributed by atoms with van der Waals surface area (Å²) in [7, 11) is -1.88. The van der Waals surface area contributed by atoms with Crippen LogP contribution in [-0.2, 0) is 16.8 Å². The van der Waals surface area contributed by atoms with Crippen LogP contribution in [0.15, 0.2) is 24.3 Å². The molecule has 0 atom stereocenters. The lowest BCUT2D eigenvalue weighted by Crippen LogP contribution is -2.50. The molecule has 1 fully saturated rings. The van der Waals surface area contributed by atoms with Crippen molar-refractivity contribution in [3.63, 3.8) is 0 Å². The van der Waals surface area contributed by atoms with Crippen LogP contribution in [0.25, 0.3) is 0 Å². The van der Waals surface area contributed by atoms with E-state index in [9.17, 15) is 13.2 Å². The molecule has 0 bridgehead atoms. The Morgan fingerprint density at radius 2 is 1.86 bits per heavy atom. The molecular weight excluding hydrogens is 292 g/mol. The molecule has 0 radical (unpaired) electrons. The van der Waals surface area contributed by atoms with Gasteiger partial charge < -0.3 is 10.6 Å². The Hall–Kier alpha value is -1.48. The molecule has 1 aliphatic heterocycles. The second kappa shape index (κ2) is 6.99. The van der Waals surface area contributed by atoms with Gasteiger partial charge in [0.05, 0.1) is 0 Å². The Morgan fingerprint density at radius 3 is 2.43 bits per heavy atom. The topological polar surface area (TPSA) is 90.5 Å². The molecule has 8 heteroatoms. The number of nitrogens with one attached hydrogen (secondary N) is 3. The molecule has 1 saturated heterocycles. The third kappa shape index (κ3) is 4.24. The SMILES string of the molecule is CNC(=O)c1ccc(CNS(=O)(=O)N2CCNCC2)cc1. The van der Waals surface area contributed by atoms with E-state index >= 15 is 0 Å². The lowest BCUT2D eigenvalue weighted by atomic mass is 10.1. The van der Waals surface area contributed by atoms with Gasteiger partial charge in [-0.15, -0.1) is 0 Å². The Balaban J connectivity index is 1.94. The van der Waals surface area contributed by atoms with E-state index in [1.165, 1.54) is 4.31 Å². The van der Waals surface area contributed by atoms with Crippen molar-refractivity contribution in [2.45, 2.75) is 6.54 Å². The van der Waals surface area contributed by atoms with Crippen molar-refractivity contribution in [3.05, 3.63) is 35.4 Å². The van der Waals surface area contributed by atoms with Crippen LogP contribution in [0.1, 0.15) is 15.9 Å². The summed E-state index contributed by atoms with van der Waals surface area (Å²) in [6.45, 7) is 2.50. The van der Waals surface area contributed by atoms with E-state index in [-0.39, 0.29) is 12.5 Å². The first-order valence-electron chi connectivity index (χ1n) is 6.79. The van der Waals surface area contributed by atoms with E-state index in [4.69, 9.17) is 0 Å². The smallest absolute Gasteiger partial charge is 0.279 e. The molecule has 1 aliphatic rings. The van der Waals surface area contributed by atoms with Gasteiger partial charge in [0.15, 0.2) is 0 Å². The highest BCUT2D eigenvalue weighted by molar-refractivity contribution is 7.87. The first kappa shape index (κ1) is 15.9. The minimum Gasteiger partial charge on any atom is -0.355 e. The van der Waals surface area contributed by atoms with E-state index < -0.39 is 10.2 Å². The maximum Gasteiger partial charge on any atom is 0.279 e. The normalized spacial score (nSPS) is 16.6. The van der Waals surface area contributed by atoms with Gasteiger partial charge in [-0.25, -0.2) is 0 Å². The first-order chi connectivity index (χ1) is 10.0. The monoisotopic (exact) mass is 312 g/mol. The van der Waals surface area contributed by atoms with Crippen molar-refractivity contribution in [1.29, 1.82) is 0 Å². The fourth-order valence-electron chi connectivity index (χ4n) is 2.07. The van der Waals surface area contributed by atoms with Crippen LogP contribution >= 0.6 is 0 Å². The average Bonchev–Trinajstić information content (AvgIpc) is 2.53. The first-order valence-corrected chi connectivity index (χ1v) is 8.23. The molecule has 2 rings (SSSR count). The predicted octanol–water partition coefficient (Wildman–Crippen LogP) is -0.714. The predicted molar refractivity (Wildman–Crippen MR) is 80.0 cm³/mol. The molecule has 0 unspecified atom stereocenters. The van der Waals surface area contributed by atoms with Crippen molar-refractivity contribution >= 4 is 16.1 Å². The zero-order valence-electron chi connectivity index (χ0n) is 11.9. The number of carbonyl (C=O) groups excluding carboxylic acids is 1. The molecule has 0 aliphatic carbocycles. The van der Waals surface area contributed by atoms with E-state index in [0.29, 0.717) is 31.7 Å². The number of hydrogen-bond acceptors (Lipinski definition) is 4. The molecule has 0 aromatic heterocycles.